The quantitative estimate of drug-likeness (QED) is 0.420. The summed E-state index contributed by atoms with van der Waals surface area (Å²) in [6.07, 6.45) is 5.95. The molecule has 2 atom stereocenters. The molecule has 2 heterocycles. The molecule has 0 saturated heterocycles. The molecule has 0 spiro atoms. The maximum absolute atomic E-state index is 13.2. The van der Waals surface area contributed by atoms with Crippen LogP contribution in [0.4, 0.5) is 0 Å². The smallest absolute Gasteiger partial charge is 0.263 e. The number of hydrogen-bond donors (Lipinski definition) is 1. The fraction of sp³-hybridized carbons (Fsp3) is 0.364. The van der Waals surface area contributed by atoms with Gasteiger partial charge in [0.25, 0.3) is 11.5 Å². The molecule has 1 amide bonds. The van der Waals surface area contributed by atoms with Gasteiger partial charge in [-0.2, -0.15) is 5.10 Å². The van der Waals surface area contributed by atoms with Gasteiger partial charge in [0.05, 0.1) is 29.5 Å². The first kappa shape index (κ1) is 21.7. The lowest BCUT2D eigenvalue weighted by Crippen LogP contribution is -2.34. The summed E-state index contributed by atoms with van der Waals surface area (Å²) in [6.45, 7) is 3.90. The number of nitrogens with one attached hydrogen (secondary N) is 1. The zero-order chi connectivity index (χ0) is 22.1. The molecule has 0 bridgehead atoms. The van der Waals surface area contributed by atoms with E-state index in [4.69, 9.17) is 4.74 Å². The zero-order valence-electron chi connectivity index (χ0n) is 17.5. The van der Waals surface area contributed by atoms with Crippen LogP contribution in [-0.4, -0.2) is 28.8 Å². The molecule has 1 N–H and O–H groups in total. The monoisotopic (exact) mass is 502 g/mol. The summed E-state index contributed by atoms with van der Waals surface area (Å²) < 4.78 is 7.38. The number of benzene rings is 1. The maximum Gasteiger partial charge on any atom is 0.263 e. The summed E-state index contributed by atoms with van der Waals surface area (Å²) in [5.74, 6) is 0.948. The van der Waals surface area contributed by atoms with Gasteiger partial charge in [-0.05, 0) is 77.4 Å². The van der Waals surface area contributed by atoms with Crippen molar-refractivity contribution in [2.75, 3.05) is 7.11 Å². The van der Waals surface area contributed by atoms with E-state index in [0.717, 1.165) is 39.7 Å². The zero-order valence-corrected chi connectivity index (χ0v) is 19.9. The minimum Gasteiger partial charge on any atom is -0.496 e. The van der Waals surface area contributed by atoms with E-state index in [2.05, 4.69) is 38.4 Å². The van der Waals surface area contributed by atoms with Gasteiger partial charge in [-0.25, -0.2) is 10.4 Å². The third-order valence-corrected chi connectivity index (χ3v) is 7.38. The van der Waals surface area contributed by atoms with Crippen molar-refractivity contribution in [3.8, 4) is 5.75 Å². The highest BCUT2D eigenvalue weighted by Gasteiger charge is 2.25. The van der Waals surface area contributed by atoms with Crippen molar-refractivity contribution in [2.45, 2.75) is 39.2 Å². The topological polar surface area (TPSA) is 85.6 Å². The molecule has 3 aromatic rings. The number of carbonyl (C=O) groups is 1. The molecule has 0 saturated carbocycles. The highest BCUT2D eigenvalue weighted by Crippen LogP contribution is 2.35. The highest BCUT2D eigenvalue weighted by atomic mass is 79.9. The number of ether oxygens (including phenoxy) is 1. The molecule has 2 aromatic heterocycles. The summed E-state index contributed by atoms with van der Waals surface area (Å²) >= 11 is 5.02. The maximum atomic E-state index is 13.2. The van der Waals surface area contributed by atoms with Crippen LogP contribution in [0.15, 0.2) is 38.9 Å². The number of aromatic nitrogens is 2. The first-order valence-corrected chi connectivity index (χ1v) is 11.7. The third-order valence-electron chi connectivity index (χ3n) is 5.60. The summed E-state index contributed by atoms with van der Waals surface area (Å²) in [6, 6.07) is 4.73. The first-order valence-electron chi connectivity index (χ1n) is 10.1. The number of aryl methyl sites for hydroxylation is 1. The molecule has 0 unspecified atom stereocenters. The Morgan fingerprint density at radius 1 is 1.48 bits per heavy atom. The van der Waals surface area contributed by atoms with Crippen LogP contribution < -0.4 is 15.7 Å². The second kappa shape index (κ2) is 8.92. The van der Waals surface area contributed by atoms with Crippen LogP contribution >= 0.6 is 27.3 Å². The molecule has 31 heavy (non-hydrogen) atoms. The second-order valence-electron chi connectivity index (χ2n) is 7.79. The van der Waals surface area contributed by atoms with Crippen LogP contribution in [0.2, 0.25) is 0 Å². The Balaban J connectivity index is 1.53. The number of rotatable bonds is 5. The fourth-order valence-electron chi connectivity index (χ4n) is 3.77. The number of methoxy groups -OCH3 is 1. The predicted octanol–water partition coefficient (Wildman–Crippen LogP) is 4.07. The van der Waals surface area contributed by atoms with Crippen LogP contribution in [0, 0.1) is 5.92 Å². The standard InChI is InChI=1S/C22H23BrN4O3S/c1-12-4-6-15-18(8-12)31-21-19(15)22(29)27(11-24-21)13(2)20(28)26-25-10-14-5-7-17(30-3)16(23)9-14/h5,7,9-13H,4,6,8H2,1-3H3,(H,26,28)/t12-,13-/m1/s1. The first-order chi connectivity index (χ1) is 14.9. The van der Waals surface area contributed by atoms with Crippen molar-refractivity contribution in [1.29, 1.82) is 0 Å². The number of fused-ring (bicyclic) bond motifs is 3. The van der Waals surface area contributed by atoms with Crippen LogP contribution in [0.5, 0.6) is 5.75 Å². The van der Waals surface area contributed by atoms with Gasteiger partial charge in [0.2, 0.25) is 0 Å². The van der Waals surface area contributed by atoms with Crippen molar-refractivity contribution in [1.82, 2.24) is 15.0 Å². The Morgan fingerprint density at radius 3 is 3.03 bits per heavy atom. The molecule has 0 aliphatic heterocycles. The Bertz CT molecular complexity index is 1230. The van der Waals surface area contributed by atoms with Crippen molar-refractivity contribution in [3.63, 3.8) is 0 Å². The Kier molecular flexibility index (Phi) is 6.24. The average Bonchev–Trinajstić information content (AvgIpc) is 3.12. The molecule has 0 radical (unpaired) electrons. The third kappa shape index (κ3) is 4.29. The number of hydrogen-bond acceptors (Lipinski definition) is 6. The fourth-order valence-corrected chi connectivity index (χ4v) is 5.67. The number of thiophene rings is 1. The second-order valence-corrected chi connectivity index (χ2v) is 9.73. The van der Waals surface area contributed by atoms with Gasteiger partial charge in [0, 0.05) is 4.88 Å². The van der Waals surface area contributed by atoms with Gasteiger partial charge < -0.3 is 4.74 Å². The molecular formula is C22H23BrN4O3S. The summed E-state index contributed by atoms with van der Waals surface area (Å²) in [5.41, 5.74) is 4.25. The van der Waals surface area contributed by atoms with Gasteiger partial charge in [-0.3, -0.25) is 14.2 Å². The average molecular weight is 503 g/mol. The molecule has 9 heteroatoms. The molecular weight excluding hydrogens is 480 g/mol. The Hall–Kier alpha value is -2.52. The van der Waals surface area contributed by atoms with E-state index in [1.807, 2.05) is 12.1 Å². The molecule has 7 nitrogen and oxygen atoms in total. The molecule has 4 rings (SSSR count). The highest BCUT2D eigenvalue weighted by molar-refractivity contribution is 9.10. The number of halogens is 1. The summed E-state index contributed by atoms with van der Waals surface area (Å²) in [4.78, 5) is 32.3. The summed E-state index contributed by atoms with van der Waals surface area (Å²) in [7, 11) is 1.59. The Labute approximate surface area is 192 Å². The van der Waals surface area contributed by atoms with Gasteiger partial charge in [-0.15, -0.1) is 11.3 Å². The van der Waals surface area contributed by atoms with E-state index in [-0.39, 0.29) is 11.5 Å². The van der Waals surface area contributed by atoms with E-state index >= 15 is 0 Å². The number of amides is 1. The van der Waals surface area contributed by atoms with E-state index in [9.17, 15) is 9.59 Å². The lowest BCUT2D eigenvalue weighted by Gasteiger charge is -2.18. The van der Waals surface area contributed by atoms with E-state index in [0.29, 0.717) is 17.1 Å². The van der Waals surface area contributed by atoms with Gasteiger partial charge in [-0.1, -0.05) is 6.92 Å². The van der Waals surface area contributed by atoms with E-state index < -0.39 is 6.04 Å². The minimum absolute atomic E-state index is 0.164. The van der Waals surface area contributed by atoms with Crippen molar-refractivity contribution in [3.05, 3.63) is 55.4 Å². The normalized spacial score (nSPS) is 17.0. The van der Waals surface area contributed by atoms with E-state index in [1.54, 1.807) is 31.4 Å². The van der Waals surface area contributed by atoms with Crippen LogP contribution in [-0.2, 0) is 17.6 Å². The lowest BCUT2D eigenvalue weighted by atomic mass is 9.89. The molecule has 1 aliphatic carbocycles. The molecule has 0 fully saturated rings. The summed E-state index contributed by atoms with van der Waals surface area (Å²) in [5, 5.41) is 4.69. The largest absolute Gasteiger partial charge is 0.496 e. The van der Waals surface area contributed by atoms with Crippen molar-refractivity contribution >= 4 is 49.6 Å². The van der Waals surface area contributed by atoms with Gasteiger partial charge in [0.1, 0.15) is 16.6 Å². The van der Waals surface area contributed by atoms with Gasteiger partial charge >= 0.3 is 0 Å². The van der Waals surface area contributed by atoms with Gasteiger partial charge in [0.15, 0.2) is 0 Å². The molecule has 162 valence electrons. The number of hydrazone groups is 1. The van der Waals surface area contributed by atoms with Crippen molar-refractivity contribution < 1.29 is 9.53 Å². The van der Waals surface area contributed by atoms with Crippen LogP contribution in [0.3, 0.4) is 0 Å². The van der Waals surface area contributed by atoms with Crippen molar-refractivity contribution in [2.24, 2.45) is 11.0 Å². The van der Waals surface area contributed by atoms with Crippen LogP contribution in [0.25, 0.3) is 10.2 Å². The Morgan fingerprint density at radius 2 is 2.29 bits per heavy atom. The molecule has 1 aromatic carbocycles. The predicted molar refractivity (Wildman–Crippen MR) is 126 cm³/mol. The van der Waals surface area contributed by atoms with E-state index in [1.165, 1.54) is 22.0 Å². The van der Waals surface area contributed by atoms with Crippen LogP contribution in [0.1, 0.15) is 42.3 Å². The minimum atomic E-state index is -0.734. The molecule has 1 aliphatic rings. The number of carbonyl (C=O) groups excluding carboxylic acids is 1. The SMILES string of the molecule is COc1ccc(C=NNC(=O)[C@@H](C)n2cnc3sc4c(c3c2=O)CC[C@@H](C)C4)cc1Br. The lowest BCUT2D eigenvalue weighted by molar-refractivity contribution is -0.123. The number of nitrogens with zero attached hydrogens (tertiary/aromatic N) is 3.